The summed E-state index contributed by atoms with van der Waals surface area (Å²) < 4.78 is 24.9. The Kier molecular flexibility index (Phi) is 4.10. The van der Waals surface area contributed by atoms with Crippen molar-refractivity contribution in [2.75, 3.05) is 18.5 Å². The van der Waals surface area contributed by atoms with Gasteiger partial charge in [-0.15, -0.1) is 0 Å². The number of anilines is 1. The second-order valence-electron chi connectivity index (χ2n) is 7.33. The third-order valence-electron chi connectivity index (χ3n) is 5.37. The lowest BCUT2D eigenvalue weighted by Crippen LogP contribution is -2.48. The van der Waals surface area contributed by atoms with E-state index in [1.807, 2.05) is 6.07 Å². The molecule has 3 aliphatic rings. The van der Waals surface area contributed by atoms with Gasteiger partial charge in [-0.25, -0.2) is 9.37 Å². The van der Waals surface area contributed by atoms with E-state index in [1.165, 1.54) is 11.5 Å². The summed E-state index contributed by atoms with van der Waals surface area (Å²) in [6.07, 6.45) is 2.97. The molecule has 27 heavy (non-hydrogen) atoms. The number of nitrogens with zero attached hydrogens (tertiary/aromatic N) is 2. The van der Waals surface area contributed by atoms with Gasteiger partial charge in [-0.05, 0) is 36.9 Å². The van der Waals surface area contributed by atoms with E-state index in [2.05, 4.69) is 20.0 Å². The zero-order chi connectivity index (χ0) is 18.5. The molecular weight excluding hydrogens is 369 g/mol. The molecule has 0 unspecified atom stereocenters. The molecule has 2 aromatic heterocycles. The first-order valence-electron chi connectivity index (χ1n) is 9.19. The number of nitrogens with one attached hydrogen (secondary N) is 2. The summed E-state index contributed by atoms with van der Waals surface area (Å²) in [6, 6.07) is 1.62. The highest BCUT2D eigenvalue weighted by Gasteiger charge is 2.33. The number of ether oxygens (including phenoxy) is 1. The number of amides is 1. The minimum absolute atomic E-state index is 0.125. The van der Waals surface area contributed by atoms with Crippen LogP contribution in [0.5, 0.6) is 0 Å². The monoisotopic (exact) mass is 389 g/mol. The molecule has 4 heterocycles. The van der Waals surface area contributed by atoms with E-state index in [-0.39, 0.29) is 30.4 Å². The van der Waals surface area contributed by atoms with Crippen molar-refractivity contribution in [3.8, 4) is 10.6 Å². The number of pyridine rings is 1. The molecule has 142 valence electrons. The van der Waals surface area contributed by atoms with Crippen molar-refractivity contribution in [3.63, 3.8) is 0 Å². The average Bonchev–Trinajstić information content (AvgIpc) is 3.27. The molecule has 5 rings (SSSR count). The summed E-state index contributed by atoms with van der Waals surface area (Å²) >= 11 is 1.31. The van der Waals surface area contributed by atoms with Crippen LogP contribution >= 0.6 is 11.5 Å². The van der Waals surface area contributed by atoms with Crippen molar-refractivity contribution in [3.05, 3.63) is 28.7 Å². The van der Waals surface area contributed by atoms with Crippen LogP contribution in [0.2, 0.25) is 0 Å². The largest absolute Gasteiger partial charge is 0.380 e. The Morgan fingerprint density at radius 1 is 1.37 bits per heavy atom. The molecule has 1 saturated heterocycles. The van der Waals surface area contributed by atoms with E-state index in [0.29, 0.717) is 42.4 Å². The number of carbonyl (C=O) groups excluding carboxylic acids is 1. The molecule has 0 bridgehead atoms. The van der Waals surface area contributed by atoms with Crippen molar-refractivity contribution >= 4 is 23.3 Å². The number of nitrogens with two attached hydrogens (primary N) is 1. The fraction of sp³-hybridized carbons (Fsp3) is 0.500. The maximum atomic E-state index is 15.1. The third kappa shape index (κ3) is 2.99. The predicted molar refractivity (Wildman–Crippen MR) is 99.3 cm³/mol. The summed E-state index contributed by atoms with van der Waals surface area (Å²) in [6.45, 7) is 1.17. The van der Waals surface area contributed by atoms with Gasteiger partial charge in [-0.1, -0.05) is 0 Å². The second kappa shape index (κ2) is 6.50. The molecule has 0 spiro atoms. The highest BCUT2D eigenvalue weighted by Crippen LogP contribution is 2.43. The van der Waals surface area contributed by atoms with Crippen LogP contribution in [0.1, 0.15) is 46.8 Å². The van der Waals surface area contributed by atoms with Gasteiger partial charge < -0.3 is 21.1 Å². The van der Waals surface area contributed by atoms with Crippen LogP contribution in [0, 0.1) is 5.82 Å². The smallest absolute Gasteiger partial charge is 0.254 e. The second-order valence-corrected chi connectivity index (χ2v) is 8.13. The maximum Gasteiger partial charge on any atom is 0.254 e. The first-order chi connectivity index (χ1) is 13.1. The van der Waals surface area contributed by atoms with E-state index in [1.54, 1.807) is 0 Å². The zero-order valence-corrected chi connectivity index (χ0v) is 15.4. The first kappa shape index (κ1) is 17.0. The minimum Gasteiger partial charge on any atom is -0.380 e. The van der Waals surface area contributed by atoms with Crippen molar-refractivity contribution in [1.82, 2.24) is 14.7 Å². The van der Waals surface area contributed by atoms with Gasteiger partial charge in [0.25, 0.3) is 5.91 Å². The van der Waals surface area contributed by atoms with Crippen LogP contribution < -0.4 is 16.4 Å². The third-order valence-corrected chi connectivity index (χ3v) is 6.18. The molecule has 7 nitrogen and oxygen atoms in total. The van der Waals surface area contributed by atoms with Gasteiger partial charge in [0.15, 0.2) is 11.6 Å². The van der Waals surface area contributed by atoms with Gasteiger partial charge >= 0.3 is 0 Å². The highest BCUT2D eigenvalue weighted by molar-refractivity contribution is 7.09. The lowest BCUT2D eigenvalue weighted by molar-refractivity contribution is 0.0751. The highest BCUT2D eigenvalue weighted by atomic mass is 32.1. The number of carbonyl (C=O) groups is 1. The lowest BCUT2D eigenvalue weighted by atomic mass is 10.0. The molecule has 0 aromatic carbocycles. The Balaban J connectivity index is 1.56. The summed E-state index contributed by atoms with van der Waals surface area (Å²) in [5.41, 5.74) is 8.30. The SMILES string of the molecule is N[C@H]1COCC[C@H]1Nc1nc(-c2cc(C3CC3)ns2)c2c(c1F)CNC2=O. The molecule has 2 fully saturated rings. The molecule has 9 heteroatoms. The standard InChI is InChI=1S/C18H20FN5O2S/c19-15-9-6-21-18(25)14(9)16(13-5-12(24-27-13)8-1-2-8)23-17(15)22-11-3-4-26-7-10(11)20/h5,8,10-11H,1-4,6-7,20H2,(H,21,25)(H,22,23)/t10-,11+/m0/s1. The fourth-order valence-corrected chi connectivity index (χ4v) is 4.45. The van der Waals surface area contributed by atoms with Gasteiger partial charge in [0.1, 0.15) is 0 Å². The number of halogens is 1. The quantitative estimate of drug-likeness (QED) is 0.739. The number of fused-ring (bicyclic) bond motifs is 1. The van der Waals surface area contributed by atoms with Crippen molar-refractivity contribution in [2.45, 2.75) is 43.8 Å². The van der Waals surface area contributed by atoms with Gasteiger partial charge in [0, 0.05) is 36.7 Å². The fourth-order valence-electron chi connectivity index (χ4n) is 3.64. The van der Waals surface area contributed by atoms with Crippen LogP contribution in [0.15, 0.2) is 6.07 Å². The topological polar surface area (TPSA) is 102 Å². The predicted octanol–water partition coefficient (Wildman–Crippen LogP) is 1.99. The van der Waals surface area contributed by atoms with Gasteiger partial charge in [-0.3, -0.25) is 4.79 Å². The molecule has 2 aromatic rings. The lowest BCUT2D eigenvalue weighted by Gasteiger charge is -2.30. The molecular formula is C18H20FN5O2S. The maximum absolute atomic E-state index is 15.1. The zero-order valence-electron chi connectivity index (χ0n) is 14.6. The number of hydrogen-bond donors (Lipinski definition) is 3. The van der Waals surface area contributed by atoms with Gasteiger partial charge in [0.05, 0.1) is 28.4 Å². The summed E-state index contributed by atoms with van der Waals surface area (Å²) in [7, 11) is 0. The Morgan fingerprint density at radius 2 is 2.22 bits per heavy atom. The molecule has 2 aliphatic heterocycles. The van der Waals surface area contributed by atoms with Crippen molar-refractivity contribution in [2.24, 2.45) is 5.73 Å². The Morgan fingerprint density at radius 3 is 3.00 bits per heavy atom. The van der Waals surface area contributed by atoms with E-state index < -0.39 is 5.82 Å². The summed E-state index contributed by atoms with van der Waals surface area (Å²) in [5.74, 6) is -0.126. The average molecular weight is 389 g/mol. The van der Waals surface area contributed by atoms with Gasteiger partial charge in [-0.2, -0.15) is 4.37 Å². The normalized spacial score (nSPS) is 24.6. The summed E-state index contributed by atoms with van der Waals surface area (Å²) in [5, 5.41) is 5.86. The van der Waals surface area contributed by atoms with E-state index in [9.17, 15) is 4.79 Å². The minimum atomic E-state index is -0.488. The Bertz CT molecular complexity index is 913. The molecule has 2 atom stereocenters. The number of hydrogen-bond acceptors (Lipinski definition) is 7. The van der Waals surface area contributed by atoms with Crippen LogP contribution in [-0.2, 0) is 11.3 Å². The molecule has 1 amide bonds. The van der Waals surface area contributed by atoms with Crippen LogP contribution in [0.4, 0.5) is 10.2 Å². The first-order valence-corrected chi connectivity index (χ1v) is 9.96. The van der Waals surface area contributed by atoms with Crippen LogP contribution in [0.25, 0.3) is 10.6 Å². The number of rotatable bonds is 4. The molecule has 0 radical (unpaired) electrons. The number of aromatic nitrogens is 2. The molecule has 1 saturated carbocycles. The van der Waals surface area contributed by atoms with E-state index >= 15 is 4.39 Å². The van der Waals surface area contributed by atoms with Crippen LogP contribution in [0.3, 0.4) is 0 Å². The Labute approximate surface area is 159 Å². The van der Waals surface area contributed by atoms with E-state index in [4.69, 9.17) is 10.5 Å². The molecule has 1 aliphatic carbocycles. The van der Waals surface area contributed by atoms with E-state index in [0.717, 1.165) is 23.4 Å². The van der Waals surface area contributed by atoms with Crippen molar-refractivity contribution in [1.29, 1.82) is 0 Å². The van der Waals surface area contributed by atoms with Crippen molar-refractivity contribution < 1.29 is 13.9 Å². The molecule has 4 N–H and O–H groups in total. The summed E-state index contributed by atoms with van der Waals surface area (Å²) in [4.78, 5) is 17.6. The Hall–Kier alpha value is -2.10. The van der Waals surface area contributed by atoms with Gasteiger partial charge in [0.2, 0.25) is 0 Å². The van der Waals surface area contributed by atoms with Crippen LogP contribution in [-0.4, -0.2) is 40.6 Å².